The fraction of sp³-hybridized carbons (Fsp3) is 0.846. The van der Waals surface area contributed by atoms with Crippen LogP contribution in [0.25, 0.3) is 0 Å². The molecule has 19 heavy (non-hydrogen) atoms. The topological polar surface area (TPSA) is 81.1 Å². The third-order valence-corrected chi connectivity index (χ3v) is 3.62. The number of nitrogens with zero attached hydrogens (tertiary/aromatic N) is 2. The molecule has 1 saturated heterocycles. The number of carboxylic acids is 1. The van der Waals surface area contributed by atoms with Crippen LogP contribution in [-0.2, 0) is 4.79 Å². The van der Waals surface area contributed by atoms with E-state index in [0.29, 0.717) is 19.4 Å². The summed E-state index contributed by atoms with van der Waals surface area (Å²) in [5.41, 5.74) is -0.877. The second kappa shape index (κ2) is 6.23. The summed E-state index contributed by atoms with van der Waals surface area (Å²) in [6.07, 6.45) is 2.10. The van der Waals surface area contributed by atoms with Crippen LogP contribution in [0.2, 0.25) is 0 Å². The Balaban J connectivity index is 2.78. The van der Waals surface area contributed by atoms with Gasteiger partial charge in [-0.3, -0.25) is 4.79 Å². The summed E-state index contributed by atoms with van der Waals surface area (Å²) < 4.78 is 0. The Morgan fingerprint density at radius 3 is 2.58 bits per heavy atom. The lowest BCUT2D eigenvalue weighted by Crippen LogP contribution is -2.55. The Morgan fingerprint density at radius 1 is 1.47 bits per heavy atom. The van der Waals surface area contributed by atoms with Gasteiger partial charge in [-0.05, 0) is 33.1 Å². The van der Waals surface area contributed by atoms with Crippen LogP contribution in [0.1, 0.15) is 40.0 Å². The second-order valence-electron chi connectivity index (χ2n) is 5.58. The molecule has 110 valence electrons. The van der Waals surface area contributed by atoms with Crippen LogP contribution in [-0.4, -0.2) is 63.3 Å². The van der Waals surface area contributed by atoms with Crippen molar-refractivity contribution in [3.63, 3.8) is 0 Å². The van der Waals surface area contributed by atoms with Gasteiger partial charge in [-0.25, -0.2) is 4.79 Å². The zero-order valence-corrected chi connectivity index (χ0v) is 11.9. The number of aliphatic carboxylic acids is 1. The fourth-order valence-electron chi connectivity index (χ4n) is 2.34. The lowest BCUT2D eigenvalue weighted by atomic mass is 9.95. The SMILES string of the molecule is CCC(C)N(CC(=O)O)C(=O)N1CCCC(C)(O)C1. The molecule has 0 bridgehead atoms. The number of carbonyl (C=O) groups excluding carboxylic acids is 1. The van der Waals surface area contributed by atoms with E-state index in [-0.39, 0.29) is 25.2 Å². The van der Waals surface area contributed by atoms with Crippen molar-refractivity contribution in [2.24, 2.45) is 0 Å². The van der Waals surface area contributed by atoms with E-state index in [2.05, 4.69) is 0 Å². The van der Waals surface area contributed by atoms with Gasteiger partial charge in [0.1, 0.15) is 6.54 Å². The molecule has 1 fully saturated rings. The van der Waals surface area contributed by atoms with E-state index in [1.165, 1.54) is 4.90 Å². The monoisotopic (exact) mass is 272 g/mol. The maximum absolute atomic E-state index is 12.4. The Bertz CT molecular complexity index is 344. The summed E-state index contributed by atoms with van der Waals surface area (Å²) in [7, 11) is 0. The van der Waals surface area contributed by atoms with Gasteiger partial charge in [-0.15, -0.1) is 0 Å². The first-order valence-electron chi connectivity index (χ1n) is 6.76. The first-order chi connectivity index (χ1) is 8.76. The van der Waals surface area contributed by atoms with E-state index < -0.39 is 11.6 Å². The number of likely N-dealkylation sites (tertiary alicyclic amines) is 1. The molecule has 1 aliphatic heterocycles. The van der Waals surface area contributed by atoms with Crippen molar-refractivity contribution in [3.05, 3.63) is 0 Å². The Labute approximate surface area is 114 Å². The van der Waals surface area contributed by atoms with E-state index in [9.17, 15) is 14.7 Å². The Kier molecular flexibility index (Phi) is 5.17. The number of rotatable bonds is 4. The Morgan fingerprint density at radius 2 is 2.11 bits per heavy atom. The van der Waals surface area contributed by atoms with Crippen molar-refractivity contribution in [2.75, 3.05) is 19.6 Å². The van der Waals surface area contributed by atoms with E-state index in [4.69, 9.17) is 5.11 Å². The quantitative estimate of drug-likeness (QED) is 0.804. The lowest BCUT2D eigenvalue weighted by molar-refractivity contribution is -0.138. The number of β-amino-alcohol motifs (C(OH)–C–C–N with tert-alkyl or cyclic N) is 1. The zero-order chi connectivity index (χ0) is 14.6. The molecule has 2 unspecified atom stereocenters. The van der Waals surface area contributed by atoms with Crippen molar-refractivity contribution in [1.82, 2.24) is 9.80 Å². The van der Waals surface area contributed by atoms with Crippen LogP contribution in [0.15, 0.2) is 0 Å². The highest BCUT2D eigenvalue weighted by molar-refractivity contribution is 5.80. The van der Waals surface area contributed by atoms with Crippen molar-refractivity contribution in [1.29, 1.82) is 0 Å². The number of amides is 2. The number of urea groups is 1. The van der Waals surface area contributed by atoms with E-state index in [0.717, 1.165) is 6.42 Å². The summed E-state index contributed by atoms with van der Waals surface area (Å²) >= 11 is 0. The van der Waals surface area contributed by atoms with Gasteiger partial charge < -0.3 is 20.0 Å². The lowest BCUT2D eigenvalue weighted by Gasteiger charge is -2.40. The van der Waals surface area contributed by atoms with Crippen molar-refractivity contribution < 1.29 is 19.8 Å². The predicted molar refractivity (Wildman–Crippen MR) is 70.9 cm³/mol. The van der Waals surface area contributed by atoms with Gasteiger partial charge in [-0.1, -0.05) is 6.92 Å². The molecule has 2 atom stereocenters. The minimum Gasteiger partial charge on any atom is -0.480 e. The van der Waals surface area contributed by atoms with Crippen LogP contribution >= 0.6 is 0 Å². The van der Waals surface area contributed by atoms with Crippen molar-refractivity contribution >= 4 is 12.0 Å². The van der Waals surface area contributed by atoms with Gasteiger partial charge in [0.05, 0.1) is 12.1 Å². The van der Waals surface area contributed by atoms with Crippen LogP contribution in [0, 0.1) is 0 Å². The van der Waals surface area contributed by atoms with Crippen molar-refractivity contribution in [3.8, 4) is 0 Å². The number of hydrogen-bond acceptors (Lipinski definition) is 3. The molecule has 6 heteroatoms. The van der Waals surface area contributed by atoms with E-state index in [1.54, 1.807) is 11.8 Å². The highest BCUT2D eigenvalue weighted by Gasteiger charge is 2.34. The third-order valence-electron chi connectivity index (χ3n) is 3.62. The highest BCUT2D eigenvalue weighted by atomic mass is 16.4. The largest absolute Gasteiger partial charge is 0.480 e. The molecule has 1 rings (SSSR count). The van der Waals surface area contributed by atoms with Crippen LogP contribution in [0.4, 0.5) is 4.79 Å². The molecule has 0 aliphatic carbocycles. The number of hydrogen-bond donors (Lipinski definition) is 2. The standard InChI is InChI=1S/C13H24N2O4/c1-4-10(2)15(8-11(16)17)12(18)14-7-5-6-13(3,19)9-14/h10,19H,4-9H2,1-3H3,(H,16,17). The summed E-state index contributed by atoms with van der Waals surface area (Å²) in [5.74, 6) is -1.02. The number of aliphatic hydroxyl groups is 1. The van der Waals surface area contributed by atoms with E-state index >= 15 is 0 Å². The summed E-state index contributed by atoms with van der Waals surface area (Å²) in [4.78, 5) is 26.2. The third kappa shape index (κ3) is 4.38. The maximum atomic E-state index is 12.4. The van der Waals surface area contributed by atoms with Gasteiger partial charge in [0.2, 0.25) is 0 Å². The molecule has 0 aromatic carbocycles. The number of carbonyl (C=O) groups is 2. The molecule has 2 N–H and O–H groups in total. The molecule has 0 aromatic rings. The van der Waals surface area contributed by atoms with Crippen molar-refractivity contribution in [2.45, 2.75) is 51.7 Å². The Hall–Kier alpha value is -1.30. The number of carboxylic acid groups (broad SMARTS) is 1. The maximum Gasteiger partial charge on any atom is 0.323 e. The first-order valence-corrected chi connectivity index (χ1v) is 6.76. The predicted octanol–water partition coefficient (Wildman–Crippen LogP) is 1.14. The molecule has 1 aliphatic rings. The second-order valence-corrected chi connectivity index (χ2v) is 5.58. The van der Waals surface area contributed by atoms with Crippen LogP contribution in [0.5, 0.6) is 0 Å². The molecule has 1 heterocycles. The highest BCUT2D eigenvalue weighted by Crippen LogP contribution is 2.22. The van der Waals surface area contributed by atoms with Gasteiger partial charge >= 0.3 is 12.0 Å². The average Bonchev–Trinajstić information content (AvgIpc) is 2.32. The van der Waals surface area contributed by atoms with Gasteiger partial charge in [-0.2, -0.15) is 0 Å². The fourth-order valence-corrected chi connectivity index (χ4v) is 2.34. The van der Waals surface area contributed by atoms with Crippen LogP contribution < -0.4 is 0 Å². The van der Waals surface area contributed by atoms with Gasteiger partial charge in [0, 0.05) is 12.6 Å². The molecular weight excluding hydrogens is 248 g/mol. The van der Waals surface area contributed by atoms with E-state index in [1.807, 2.05) is 13.8 Å². The van der Waals surface area contributed by atoms with Gasteiger partial charge in [0.25, 0.3) is 0 Å². The molecule has 2 amide bonds. The zero-order valence-electron chi connectivity index (χ0n) is 11.9. The number of piperidine rings is 1. The normalized spacial score (nSPS) is 24.9. The molecule has 0 spiro atoms. The van der Waals surface area contributed by atoms with Crippen LogP contribution in [0.3, 0.4) is 0 Å². The summed E-state index contributed by atoms with van der Waals surface area (Å²) in [6, 6.07) is -0.424. The average molecular weight is 272 g/mol. The molecule has 0 saturated carbocycles. The minimum absolute atomic E-state index is 0.129. The first kappa shape index (κ1) is 15.8. The molecule has 6 nitrogen and oxygen atoms in total. The summed E-state index contributed by atoms with van der Waals surface area (Å²) in [6.45, 7) is 5.99. The summed E-state index contributed by atoms with van der Waals surface area (Å²) in [5, 5.41) is 18.9. The molecule has 0 aromatic heterocycles. The molecule has 0 radical (unpaired) electrons. The molecular formula is C13H24N2O4. The van der Waals surface area contributed by atoms with Gasteiger partial charge in [0.15, 0.2) is 0 Å². The smallest absolute Gasteiger partial charge is 0.323 e. The minimum atomic E-state index is -1.02.